The average molecular weight is 306 g/mol. The molecule has 1 saturated carbocycles. The number of aliphatic hydroxyl groups excluding tert-OH is 1. The second-order valence-electron chi connectivity index (χ2n) is 6.29. The minimum atomic E-state index is -0.301. The molecule has 1 amide bonds. The lowest BCUT2D eigenvalue weighted by molar-refractivity contribution is -0.132. The maximum atomic E-state index is 13.2. The van der Waals surface area contributed by atoms with Crippen molar-refractivity contribution in [3.63, 3.8) is 0 Å². The lowest BCUT2D eigenvalue weighted by Gasteiger charge is -2.39. The Kier molecular flexibility index (Phi) is 4.74. The average Bonchev–Trinajstić information content (AvgIpc) is 2.93. The van der Waals surface area contributed by atoms with Gasteiger partial charge in [0.15, 0.2) is 0 Å². The van der Waals surface area contributed by atoms with E-state index in [1.807, 2.05) is 4.90 Å². The van der Waals surface area contributed by atoms with Crippen LogP contribution in [0.2, 0.25) is 0 Å². The van der Waals surface area contributed by atoms with Crippen molar-refractivity contribution < 1.29 is 14.3 Å². The van der Waals surface area contributed by atoms with Gasteiger partial charge in [-0.05, 0) is 37.0 Å². The van der Waals surface area contributed by atoms with Crippen molar-refractivity contribution in [2.24, 2.45) is 0 Å². The number of benzene rings is 1. The molecule has 1 aromatic rings. The van der Waals surface area contributed by atoms with E-state index in [1.54, 1.807) is 12.1 Å². The van der Waals surface area contributed by atoms with Crippen LogP contribution in [0.5, 0.6) is 0 Å². The number of rotatable bonds is 3. The van der Waals surface area contributed by atoms with E-state index < -0.39 is 0 Å². The molecule has 1 heterocycles. The summed E-state index contributed by atoms with van der Waals surface area (Å²) in [6.45, 7) is 3.02. The summed E-state index contributed by atoms with van der Waals surface area (Å²) in [5, 5.41) is 9.98. The third-order valence-corrected chi connectivity index (χ3v) is 4.82. The van der Waals surface area contributed by atoms with Gasteiger partial charge in [0.05, 0.1) is 12.5 Å². The summed E-state index contributed by atoms with van der Waals surface area (Å²) in [5.41, 5.74) is 0.721. The van der Waals surface area contributed by atoms with Crippen LogP contribution in [0, 0.1) is 5.82 Å². The van der Waals surface area contributed by atoms with Gasteiger partial charge < -0.3 is 10.0 Å². The Balaban J connectivity index is 1.51. The normalized spacial score (nSPS) is 26.4. The van der Waals surface area contributed by atoms with Crippen molar-refractivity contribution in [1.29, 1.82) is 0 Å². The van der Waals surface area contributed by atoms with Crippen LogP contribution in [0.4, 0.5) is 4.39 Å². The Morgan fingerprint density at radius 2 is 2.00 bits per heavy atom. The molecule has 1 aromatic carbocycles. The zero-order valence-corrected chi connectivity index (χ0v) is 12.7. The van der Waals surface area contributed by atoms with E-state index in [2.05, 4.69) is 4.90 Å². The standard InChI is InChI=1S/C17H23FN2O2/c18-14-4-1-3-13(11-14)12-17(22)20-9-7-19(8-10-20)15-5-2-6-16(15)21/h1,3-4,11,15-16,21H,2,5-10,12H2/t15-,16-/m0/s1. The van der Waals surface area contributed by atoms with Crippen LogP contribution >= 0.6 is 0 Å². The molecular formula is C17H23FN2O2. The monoisotopic (exact) mass is 306 g/mol. The topological polar surface area (TPSA) is 43.8 Å². The number of piperazine rings is 1. The third-order valence-electron chi connectivity index (χ3n) is 4.82. The molecule has 4 nitrogen and oxygen atoms in total. The lowest BCUT2D eigenvalue weighted by Crippen LogP contribution is -2.53. The molecule has 0 unspecified atom stereocenters. The Morgan fingerprint density at radius 3 is 2.64 bits per heavy atom. The molecule has 1 aliphatic carbocycles. The maximum Gasteiger partial charge on any atom is 0.227 e. The number of carbonyl (C=O) groups is 1. The van der Waals surface area contributed by atoms with Crippen LogP contribution < -0.4 is 0 Å². The highest BCUT2D eigenvalue weighted by atomic mass is 19.1. The fourth-order valence-electron chi connectivity index (χ4n) is 3.58. The zero-order chi connectivity index (χ0) is 15.5. The first kappa shape index (κ1) is 15.4. The minimum absolute atomic E-state index is 0.0530. The fourth-order valence-corrected chi connectivity index (χ4v) is 3.58. The van der Waals surface area contributed by atoms with Crippen LogP contribution in [0.15, 0.2) is 24.3 Å². The molecule has 2 atom stereocenters. The van der Waals surface area contributed by atoms with E-state index in [0.29, 0.717) is 13.1 Å². The van der Waals surface area contributed by atoms with Crippen LogP contribution in [-0.4, -0.2) is 59.1 Å². The summed E-state index contributed by atoms with van der Waals surface area (Å²) < 4.78 is 13.2. The smallest absolute Gasteiger partial charge is 0.227 e. The molecule has 1 N–H and O–H groups in total. The van der Waals surface area contributed by atoms with Crippen LogP contribution in [0.25, 0.3) is 0 Å². The van der Waals surface area contributed by atoms with Crippen LogP contribution in [-0.2, 0) is 11.2 Å². The first-order valence-corrected chi connectivity index (χ1v) is 8.08. The number of nitrogens with zero attached hydrogens (tertiary/aromatic N) is 2. The highest BCUT2D eigenvalue weighted by Crippen LogP contribution is 2.25. The van der Waals surface area contributed by atoms with Crippen molar-refractivity contribution in [3.8, 4) is 0 Å². The van der Waals surface area contributed by atoms with E-state index in [1.165, 1.54) is 12.1 Å². The number of amides is 1. The Labute approximate surface area is 130 Å². The SMILES string of the molecule is O=C(Cc1cccc(F)c1)N1CCN([C@H]2CCC[C@@H]2O)CC1. The first-order valence-electron chi connectivity index (χ1n) is 8.08. The van der Waals surface area contributed by atoms with Gasteiger partial charge in [0, 0.05) is 32.2 Å². The Bertz CT molecular complexity index is 529. The van der Waals surface area contributed by atoms with Crippen LogP contribution in [0.1, 0.15) is 24.8 Å². The molecule has 0 spiro atoms. The van der Waals surface area contributed by atoms with Gasteiger partial charge in [-0.2, -0.15) is 0 Å². The van der Waals surface area contributed by atoms with Gasteiger partial charge >= 0.3 is 0 Å². The largest absolute Gasteiger partial charge is 0.391 e. The van der Waals surface area contributed by atoms with Crippen molar-refractivity contribution in [3.05, 3.63) is 35.6 Å². The highest BCUT2D eigenvalue weighted by Gasteiger charge is 2.33. The summed E-state index contributed by atoms with van der Waals surface area (Å²) in [7, 11) is 0. The molecule has 1 saturated heterocycles. The molecule has 0 aromatic heterocycles. The van der Waals surface area contributed by atoms with Gasteiger partial charge in [-0.15, -0.1) is 0 Å². The predicted octanol–water partition coefficient (Wildman–Crippen LogP) is 1.43. The summed E-state index contributed by atoms with van der Waals surface area (Å²) in [6, 6.07) is 6.49. The second-order valence-corrected chi connectivity index (χ2v) is 6.29. The summed E-state index contributed by atoms with van der Waals surface area (Å²) in [6.07, 6.45) is 3.07. The second kappa shape index (κ2) is 6.75. The number of hydrogen-bond donors (Lipinski definition) is 1. The van der Waals surface area contributed by atoms with Gasteiger partial charge in [0.1, 0.15) is 5.82 Å². The third kappa shape index (κ3) is 3.47. The molecule has 5 heteroatoms. The van der Waals surface area contributed by atoms with Gasteiger partial charge in [-0.1, -0.05) is 12.1 Å². The number of hydrogen-bond acceptors (Lipinski definition) is 3. The summed E-state index contributed by atoms with van der Waals surface area (Å²) >= 11 is 0. The molecule has 120 valence electrons. The van der Waals surface area contributed by atoms with E-state index in [0.717, 1.165) is 37.9 Å². The molecule has 1 aliphatic heterocycles. The van der Waals surface area contributed by atoms with E-state index in [9.17, 15) is 14.3 Å². The van der Waals surface area contributed by atoms with Gasteiger partial charge in [-0.3, -0.25) is 9.69 Å². The molecule has 0 radical (unpaired) electrons. The molecule has 0 bridgehead atoms. The van der Waals surface area contributed by atoms with Gasteiger partial charge in [0.2, 0.25) is 5.91 Å². The van der Waals surface area contributed by atoms with Crippen molar-refractivity contribution in [2.45, 2.75) is 37.8 Å². The number of carbonyl (C=O) groups excluding carboxylic acids is 1. The first-order chi connectivity index (χ1) is 10.6. The summed E-state index contributed by atoms with van der Waals surface area (Å²) in [5.74, 6) is -0.248. The Morgan fingerprint density at radius 1 is 1.23 bits per heavy atom. The number of halogens is 1. The van der Waals surface area contributed by atoms with Crippen molar-refractivity contribution in [2.75, 3.05) is 26.2 Å². The fraction of sp³-hybridized carbons (Fsp3) is 0.588. The van der Waals surface area contributed by atoms with Crippen molar-refractivity contribution >= 4 is 5.91 Å². The van der Waals surface area contributed by atoms with Gasteiger partial charge in [0.25, 0.3) is 0 Å². The highest BCUT2D eigenvalue weighted by molar-refractivity contribution is 5.78. The van der Waals surface area contributed by atoms with E-state index >= 15 is 0 Å². The molecular weight excluding hydrogens is 283 g/mol. The predicted molar refractivity (Wildman–Crippen MR) is 81.9 cm³/mol. The van der Waals surface area contributed by atoms with Crippen molar-refractivity contribution in [1.82, 2.24) is 9.80 Å². The minimum Gasteiger partial charge on any atom is -0.391 e. The maximum absolute atomic E-state index is 13.2. The molecule has 2 aliphatic rings. The Hall–Kier alpha value is -1.46. The molecule has 2 fully saturated rings. The van der Waals surface area contributed by atoms with E-state index in [4.69, 9.17) is 0 Å². The summed E-state index contributed by atoms with van der Waals surface area (Å²) in [4.78, 5) is 16.5. The molecule has 22 heavy (non-hydrogen) atoms. The van der Waals surface area contributed by atoms with Gasteiger partial charge in [-0.25, -0.2) is 4.39 Å². The number of aliphatic hydroxyl groups is 1. The van der Waals surface area contributed by atoms with Crippen LogP contribution in [0.3, 0.4) is 0 Å². The quantitative estimate of drug-likeness (QED) is 0.919. The van der Waals surface area contributed by atoms with E-state index in [-0.39, 0.29) is 30.3 Å². The molecule has 3 rings (SSSR count). The lowest BCUT2D eigenvalue weighted by atomic mass is 10.1. The zero-order valence-electron chi connectivity index (χ0n) is 12.7.